The normalized spacial score (nSPS) is 10.6. The highest BCUT2D eigenvalue weighted by Crippen LogP contribution is 2.32. The van der Waals surface area contributed by atoms with Crippen molar-refractivity contribution in [2.45, 2.75) is 6.54 Å². The van der Waals surface area contributed by atoms with Gasteiger partial charge in [-0.15, -0.1) is 0 Å². The van der Waals surface area contributed by atoms with Gasteiger partial charge in [0.15, 0.2) is 0 Å². The molecule has 0 aliphatic heterocycles. The van der Waals surface area contributed by atoms with Crippen LogP contribution in [0.3, 0.4) is 0 Å². The van der Waals surface area contributed by atoms with Crippen molar-refractivity contribution in [1.29, 1.82) is 0 Å². The maximum atomic E-state index is 11.3. The minimum Gasteiger partial charge on any atom is -0.374 e. The van der Waals surface area contributed by atoms with Crippen molar-refractivity contribution in [1.82, 2.24) is 15.0 Å². The van der Waals surface area contributed by atoms with Gasteiger partial charge in [-0.05, 0) is 24.3 Å². The maximum Gasteiger partial charge on any atom is 0.301 e. The Morgan fingerprint density at radius 2 is 2.25 bits per heavy atom. The van der Waals surface area contributed by atoms with Crippen LogP contribution in [-0.4, -0.2) is 19.9 Å². The summed E-state index contributed by atoms with van der Waals surface area (Å²) in [6.45, 7) is 0.437. The molecule has 0 aliphatic carbocycles. The largest absolute Gasteiger partial charge is 0.374 e. The van der Waals surface area contributed by atoms with Gasteiger partial charge < -0.3 is 10.3 Å². The highest BCUT2D eigenvalue weighted by molar-refractivity contribution is 5.94. The molecule has 0 amide bonds. The predicted molar refractivity (Wildman–Crippen MR) is 74.3 cm³/mol. The van der Waals surface area contributed by atoms with Gasteiger partial charge in [0.25, 0.3) is 0 Å². The van der Waals surface area contributed by atoms with Crippen LogP contribution in [0.4, 0.5) is 11.4 Å². The summed E-state index contributed by atoms with van der Waals surface area (Å²) in [6.07, 6.45) is 4.85. The first kappa shape index (κ1) is 12.1. The number of pyridine rings is 1. The van der Waals surface area contributed by atoms with Gasteiger partial charge in [0.1, 0.15) is 5.69 Å². The number of hydrogen-bond donors (Lipinski definition) is 2. The van der Waals surface area contributed by atoms with Crippen LogP contribution in [0.1, 0.15) is 5.69 Å². The monoisotopic (exact) mass is 269 g/mol. The van der Waals surface area contributed by atoms with Crippen LogP contribution >= 0.6 is 0 Å². The minimum atomic E-state index is -0.390. The number of anilines is 1. The summed E-state index contributed by atoms with van der Waals surface area (Å²) < 4.78 is 0. The number of H-pyrrole nitrogens is 1. The van der Waals surface area contributed by atoms with Crippen LogP contribution < -0.4 is 5.32 Å². The average molecular weight is 269 g/mol. The second-order valence-electron chi connectivity index (χ2n) is 4.22. The number of nitro benzene ring substituents is 1. The lowest BCUT2D eigenvalue weighted by Gasteiger charge is -2.07. The number of nitrogens with one attached hydrogen (secondary N) is 2. The van der Waals surface area contributed by atoms with Crippen molar-refractivity contribution in [3.63, 3.8) is 0 Å². The molecule has 2 heterocycles. The van der Waals surface area contributed by atoms with Crippen LogP contribution in [0, 0.1) is 10.1 Å². The minimum absolute atomic E-state index is 0.0371. The van der Waals surface area contributed by atoms with E-state index in [-0.39, 0.29) is 10.6 Å². The molecule has 0 fully saturated rings. The first-order valence-corrected chi connectivity index (χ1v) is 5.99. The Hall–Kier alpha value is -2.96. The van der Waals surface area contributed by atoms with Crippen LogP contribution in [0.15, 0.2) is 43.0 Å². The molecule has 0 saturated heterocycles. The maximum absolute atomic E-state index is 11.3. The number of nitro groups is 1. The number of imidazole rings is 1. The van der Waals surface area contributed by atoms with Crippen LogP contribution in [0.25, 0.3) is 10.9 Å². The second kappa shape index (κ2) is 4.96. The van der Waals surface area contributed by atoms with Crippen LogP contribution in [-0.2, 0) is 6.54 Å². The molecule has 3 rings (SSSR count). The lowest BCUT2D eigenvalue weighted by molar-refractivity contribution is -0.382. The van der Waals surface area contributed by atoms with Gasteiger partial charge in [0, 0.05) is 12.4 Å². The molecule has 3 aromatic rings. The van der Waals surface area contributed by atoms with E-state index in [1.807, 2.05) is 0 Å². The number of nitrogens with zero attached hydrogens (tertiary/aromatic N) is 3. The van der Waals surface area contributed by atoms with Gasteiger partial charge >= 0.3 is 5.69 Å². The van der Waals surface area contributed by atoms with E-state index in [2.05, 4.69) is 20.3 Å². The zero-order valence-corrected chi connectivity index (χ0v) is 10.4. The Morgan fingerprint density at radius 3 is 3.00 bits per heavy atom. The number of rotatable bonds is 4. The van der Waals surface area contributed by atoms with Gasteiger partial charge in [-0.1, -0.05) is 0 Å². The number of aromatic amines is 1. The molecule has 20 heavy (non-hydrogen) atoms. The van der Waals surface area contributed by atoms with Gasteiger partial charge in [-0.25, -0.2) is 4.98 Å². The molecule has 1 aromatic carbocycles. The third-order valence-electron chi connectivity index (χ3n) is 2.96. The van der Waals surface area contributed by atoms with Gasteiger partial charge in [0.2, 0.25) is 0 Å². The summed E-state index contributed by atoms with van der Waals surface area (Å²) >= 11 is 0. The molecule has 0 spiro atoms. The molecular weight excluding hydrogens is 258 g/mol. The highest BCUT2D eigenvalue weighted by atomic mass is 16.6. The smallest absolute Gasteiger partial charge is 0.301 e. The van der Waals surface area contributed by atoms with E-state index in [0.717, 1.165) is 5.69 Å². The lowest BCUT2D eigenvalue weighted by Crippen LogP contribution is -2.03. The molecule has 2 aromatic heterocycles. The number of hydrogen-bond acceptors (Lipinski definition) is 5. The molecule has 100 valence electrons. The van der Waals surface area contributed by atoms with E-state index >= 15 is 0 Å². The second-order valence-corrected chi connectivity index (χ2v) is 4.22. The molecule has 7 nitrogen and oxygen atoms in total. The average Bonchev–Trinajstić information content (AvgIpc) is 2.97. The Kier molecular flexibility index (Phi) is 3.00. The summed E-state index contributed by atoms with van der Waals surface area (Å²) in [7, 11) is 0. The van der Waals surface area contributed by atoms with E-state index in [1.54, 1.807) is 43.0 Å². The Labute approximate surface area is 113 Å². The zero-order chi connectivity index (χ0) is 13.9. The zero-order valence-electron chi connectivity index (χ0n) is 10.4. The summed E-state index contributed by atoms with van der Waals surface area (Å²) in [5.74, 6) is 0. The molecule has 7 heteroatoms. The van der Waals surface area contributed by atoms with Crippen molar-refractivity contribution in [3.05, 3.63) is 58.8 Å². The summed E-state index contributed by atoms with van der Waals surface area (Å²) in [5.41, 5.74) is 1.96. The van der Waals surface area contributed by atoms with Gasteiger partial charge in [-0.2, -0.15) is 0 Å². The lowest BCUT2D eigenvalue weighted by atomic mass is 10.1. The van der Waals surface area contributed by atoms with Gasteiger partial charge in [0.05, 0.1) is 34.4 Å². The molecule has 0 bridgehead atoms. The molecule has 0 saturated carbocycles. The number of fused-ring (bicyclic) bond motifs is 1. The molecule has 0 atom stereocenters. The Bertz CT molecular complexity index is 755. The predicted octanol–water partition coefficient (Wildman–Crippen LogP) is 2.48. The third kappa shape index (κ3) is 2.16. The van der Waals surface area contributed by atoms with E-state index in [1.165, 1.54) is 0 Å². The molecule has 2 N–H and O–H groups in total. The van der Waals surface area contributed by atoms with Crippen molar-refractivity contribution < 1.29 is 4.92 Å². The highest BCUT2D eigenvalue weighted by Gasteiger charge is 2.18. The fraction of sp³-hybridized carbons (Fsp3) is 0.0769. The number of benzene rings is 1. The quantitative estimate of drug-likeness (QED) is 0.560. The summed E-state index contributed by atoms with van der Waals surface area (Å²) in [5, 5.41) is 14.9. The fourth-order valence-corrected chi connectivity index (χ4v) is 2.05. The van der Waals surface area contributed by atoms with Crippen molar-refractivity contribution in [2.24, 2.45) is 0 Å². The third-order valence-corrected chi connectivity index (χ3v) is 2.96. The number of aromatic nitrogens is 3. The summed E-state index contributed by atoms with van der Waals surface area (Å²) in [6, 6.07) is 6.82. The molecular formula is C13H11N5O2. The first-order chi connectivity index (χ1) is 9.75. The topological polar surface area (TPSA) is 96.7 Å². The summed E-state index contributed by atoms with van der Waals surface area (Å²) in [4.78, 5) is 21.9. The van der Waals surface area contributed by atoms with Crippen LogP contribution in [0.2, 0.25) is 0 Å². The molecule has 0 radical (unpaired) electrons. The van der Waals surface area contributed by atoms with Gasteiger partial charge in [-0.3, -0.25) is 15.1 Å². The van der Waals surface area contributed by atoms with E-state index in [9.17, 15) is 10.1 Å². The van der Waals surface area contributed by atoms with Crippen molar-refractivity contribution in [3.8, 4) is 0 Å². The van der Waals surface area contributed by atoms with Crippen molar-refractivity contribution in [2.75, 3.05) is 5.32 Å². The standard InChI is InChI=1S/C13H11N5O2/c19-18(20)13-10-2-1-5-15-11(10)3-4-12(13)16-7-9-6-14-8-17-9/h1-6,8,16H,7H2,(H,14,17). The van der Waals surface area contributed by atoms with Crippen molar-refractivity contribution >= 4 is 22.3 Å². The Balaban J connectivity index is 2.01. The molecule has 0 unspecified atom stereocenters. The van der Waals surface area contributed by atoms with E-state index < -0.39 is 0 Å². The van der Waals surface area contributed by atoms with Crippen LogP contribution in [0.5, 0.6) is 0 Å². The van der Waals surface area contributed by atoms with E-state index in [0.29, 0.717) is 23.1 Å². The SMILES string of the molecule is O=[N+]([O-])c1c(NCc2cnc[nH]2)ccc2ncccc12. The Morgan fingerprint density at radius 1 is 1.35 bits per heavy atom. The van der Waals surface area contributed by atoms with E-state index in [4.69, 9.17) is 0 Å². The molecule has 0 aliphatic rings. The first-order valence-electron chi connectivity index (χ1n) is 5.99. The fourth-order valence-electron chi connectivity index (χ4n) is 2.05.